The first-order valence-corrected chi connectivity index (χ1v) is 10.4. The first-order valence-electron chi connectivity index (χ1n) is 8.93. The zero-order valence-corrected chi connectivity index (χ0v) is 17.0. The second kappa shape index (κ2) is 9.14. The van der Waals surface area contributed by atoms with Gasteiger partial charge in [0.05, 0.1) is 15.4 Å². The molecule has 0 saturated heterocycles. The van der Waals surface area contributed by atoms with E-state index in [0.717, 1.165) is 6.07 Å². The van der Waals surface area contributed by atoms with Crippen molar-refractivity contribution in [2.24, 2.45) is 0 Å². The van der Waals surface area contributed by atoms with E-state index in [9.17, 15) is 28.1 Å². The molecule has 3 rings (SSSR count). The molecule has 3 aromatic rings. The molecule has 0 spiro atoms. The number of carbonyl (C=O) groups is 2. The van der Waals surface area contributed by atoms with Crippen LogP contribution in [0.2, 0.25) is 0 Å². The number of rotatable bonds is 7. The Labute approximate surface area is 181 Å². The summed E-state index contributed by atoms with van der Waals surface area (Å²) in [4.78, 5) is 33.4. The molecule has 3 aromatic carbocycles. The molecular formula is C20H16N4O7S. The van der Waals surface area contributed by atoms with Gasteiger partial charge in [0.1, 0.15) is 5.69 Å². The lowest BCUT2D eigenvalue weighted by Crippen LogP contribution is -2.20. The van der Waals surface area contributed by atoms with E-state index in [0.29, 0.717) is 5.69 Å². The normalized spacial score (nSPS) is 10.8. The maximum Gasteiger partial charge on any atom is 0.335 e. The van der Waals surface area contributed by atoms with Gasteiger partial charge in [0.15, 0.2) is 0 Å². The Kier molecular flexibility index (Phi) is 6.35. The number of hydrogen-bond donors (Lipinski definition) is 4. The van der Waals surface area contributed by atoms with Crippen LogP contribution >= 0.6 is 0 Å². The predicted octanol–water partition coefficient (Wildman–Crippen LogP) is 3.74. The second-order valence-electron chi connectivity index (χ2n) is 6.37. The third kappa shape index (κ3) is 5.37. The molecule has 0 atom stereocenters. The average molecular weight is 456 g/mol. The Bertz CT molecular complexity index is 1290. The van der Waals surface area contributed by atoms with Gasteiger partial charge in [0.25, 0.3) is 15.7 Å². The fraction of sp³-hybridized carbons (Fsp3) is 0. The predicted molar refractivity (Wildman–Crippen MR) is 116 cm³/mol. The molecule has 0 radical (unpaired) electrons. The number of carboxylic acids is 1. The Morgan fingerprint density at radius 3 is 2.19 bits per heavy atom. The Morgan fingerprint density at radius 1 is 0.875 bits per heavy atom. The van der Waals surface area contributed by atoms with Gasteiger partial charge in [-0.3, -0.25) is 14.8 Å². The first-order chi connectivity index (χ1) is 15.2. The van der Waals surface area contributed by atoms with Gasteiger partial charge in [0, 0.05) is 17.4 Å². The van der Waals surface area contributed by atoms with Crippen LogP contribution < -0.4 is 15.4 Å². The van der Waals surface area contributed by atoms with Crippen molar-refractivity contribution in [3.63, 3.8) is 0 Å². The van der Waals surface area contributed by atoms with Gasteiger partial charge in [-0.05, 0) is 48.5 Å². The molecule has 0 aromatic heterocycles. The number of hydrogen-bond acceptors (Lipinski definition) is 6. The summed E-state index contributed by atoms with van der Waals surface area (Å²) in [6.45, 7) is 0. The molecule has 2 amide bonds. The number of anilines is 3. The van der Waals surface area contributed by atoms with E-state index in [1.165, 1.54) is 66.7 Å². The first kappa shape index (κ1) is 22.2. The highest BCUT2D eigenvalue weighted by molar-refractivity contribution is 7.92. The molecule has 0 aliphatic rings. The van der Waals surface area contributed by atoms with E-state index >= 15 is 0 Å². The monoisotopic (exact) mass is 456 g/mol. The number of nitrogens with one attached hydrogen (secondary N) is 3. The van der Waals surface area contributed by atoms with Crippen LogP contribution in [0.4, 0.5) is 27.5 Å². The van der Waals surface area contributed by atoms with Gasteiger partial charge in [-0.2, -0.15) is 0 Å². The molecular weight excluding hydrogens is 440 g/mol. The summed E-state index contributed by atoms with van der Waals surface area (Å²) in [5.41, 5.74) is 0.0618. The SMILES string of the molecule is O=C(Nc1ccc(NS(=O)(=O)c2cccc(C(=O)O)c2)cc1)Nc1ccccc1[N+](=O)[O-]. The molecule has 32 heavy (non-hydrogen) atoms. The summed E-state index contributed by atoms with van der Waals surface area (Å²) in [5, 5.41) is 24.9. The summed E-state index contributed by atoms with van der Waals surface area (Å²) < 4.78 is 27.3. The summed E-state index contributed by atoms with van der Waals surface area (Å²) in [5.74, 6) is -1.25. The number of nitrogens with zero attached hydrogens (tertiary/aromatic N) is 1. The molecule has 4 N–H and O–H groups in total. The number of urea groups is 1. The van der Waals surface area contributed by atoms with Crippen molar-refractivity contribution in [3.05, 3.63) is 88.5 Å². The zero-order valence-electron chi connectivity index (χ0n) is 16.2. The number of carbonyl (C=O) groups excluding carboxylic acids is 1. The highest BCUT2D eigenvalue weighted by atomic mass is 32.2. The number of amides is 2. The van der Waals surface area contributed by atoms with Crippen molar-refractivity contribution in [1.29, 1.82) is 0 Å². The summed E-state index contributed by atoms with van der Waals surface area (Å²) >= 11 is 0. The van der Waals surface area contributed by atoms with Crippen LogP contribution in [0, 0.1) is 10.1 Å². The van der Waals surface area contributed by atoms with E-state index in [2.05, 4.69) is 15.4 Å². The second-order valence-corrected chi connectivity index (χ2v) is 8.05. The summed E-state index contributed by atoms with van der Waals surface area (Å²) in [6.07, 6.45) is 0. The molecule has 0 heterocycles. The molecule has 12 heteroatoms. The molecule has 0 saturated carbocycles. The van der Waals surface area contributed by atoms with Crippen LogP contribution in [-0.2, 0) is 10.0 Å². The van der Waals surface area contributed by atoms with Gasteiger partial charge in [-0.25, -0.2) is 18.0 Å². The van der Waals surface area contributed by atoms with Crippen LogP contribution in [0.1, 0.15) is 10.4 Å². The number of carboxylic acid groups (broad SMARTS) is 1. The third-order valence-electron chi connectivity index (χ3n) is 4.14. The summed E-state index contributed by atoms with van der Waals surface area (Å²) in [7, 11) is -4.04. The van der Waals surface area contributed by atoms with E-state index in [1.54, 1.807) is 0 Å². The van der Waals surface area contributed by atoms with Crippen LogP contribution in [0.25, 0.3) is 0 Å². The van der Waals surface area contributed by atoms with E-state index in [-0.39, 0.29) is 27.5 Å². The lowest BCUT2D eigenvalue weighted by Gasteiger charge is -2.11. The molecule has 0 fully saturated rings. The maximum absolute atomic E-state index is 12.5. The van der Waals surface area contributed by atoms with Crippen molar-refractivity contribution in [2.75, 3.05) is 15.4 Å². The number of nitro groups is 1. The highest BCUT2D eigenvalue weighted by Crippen LogP contribution is 2.24. The topological polar surface area (TPSA) is 168 Å². The van der Waals surface area contributed by atoms with E-state index < -0.39 is 26.9 Å². The van der Waals surface area contributed by atoms with Gasteiger partial charge in [0.2, 0.25) is 0 Å². The maximum atomic E-state index is 12.5. The minimum atomic E-state index is -4.04. The number of nitro benzene ring substituents is 1. The molecule has 0 aliphatic carbocycles. The molecule has 164 valence electrons. The fourth-order valence-electron chi connectivity index (χ4n) is 2.66. The van der Waals surface area contributed by atoms with Gasteiger partial charge >= 0.3 is 12.0 Å². The van der Waals surface area contributed by atoms with Crippen molar-refractivity contribution < 1.29 is 28.0 Å². The van der Waals surface area contributed by atoms with Crippen molar-refractivity contribution in [2.45, 2.75) is 4.90 Å². The van der Waals surface area contributed by atoms with E-state index in [4.69, 9.17) is 5.11 Å². The van der Waals surface area contributed by atoms with Crippen LogP contribution in [-0.4, -0.2) is 30.4 Å². The highest BCUT2D eigenvalue weighted by Gasteiger charge is 2.17. The standard InChI is InChI=1S/C20H16N4O7S/c25-19(26)13-4-3-5-16(12-13)32(30,31)23-15-10-8-14(9-11-15)21-20(27)22-17-6-1-2-7-18(17)24(28)29/h1-12,23H,(H,25,26)(H2,21,22,27). The molecule has 11 nitrogen and oxygen atoms in total. The van der Waals surface area contributed by atoms with Gasteiger partial charge in [-0.15, -0.1) is 0 Å². The van der Waals surface area contributed by atoms with Crippen molar-refractivity contribution in [1.82, 2.24) is 0 Å². The van der Waals surface area contributed by atoms with Crippen LogP contribution in [0.15, 0.2) is 77.7 Å². The van der Waals surface area contributed by atoms with Crippen molar-refractivity contribution in [3.8, 4) is 0 Å². The van der Waals surface area contributed by atoms with Crippen LogP contribution in [0.3, 0.4) is 0 Å². The number of aromatic carboxylic acids is 1. The van der Waals surface area contributed by atoms with Gasteiger partial charge in [-0.1, -0.05) is 18.2 Å². The van der Waals surface area contributed by atoms with E-state index in [1.807, 2.05) is 0 Å². The minimum Gasteiger partial charge on any atom is -0.478 e. The van der Waals surface area contributed by atoms with Crippen LogP contribution in [0.5, 0.6) is 0 Å². The molecule has 0 aliphatic heterocycles. The smallest absolute Gasteiger partial charge is 0.335 e. The molecule has 0 bridgehead atoms. The average Bonchev–Trinajstić information content (AvgIpc) is 2.75. The van der Waals surface area contributed by atoms with Crippen molar-refractivity contribution >= 4 is 44.8 Å². The lowest BCUT2D eigenvalue weighted by molar-refractivity contribution is -0.383. The number of para-hydroxylation sites is 2. The minimum absolute atomic E-state index is 0.0166. The molecule has 0 unspecified atom stereocenters. The fourth-order valence-corrected chi connectivity index (χ4v) is 3.76. The van der Waals surface area contributed by atoms with Gasteiger partial charge < -0.3 is 15.7 Å². The number of benzene rings is 3. The Hall–Kier alpha value is -4.45. The Morgan fingerprint density at radius 2 is 1.53 bits per heavy atom. The largest absolute Gasteiger partial charge is 0.478 e. The third-order valence-corrected chi connectivity index (χ3v) is 5.51. The quantitative estimate of drug-likeness (QED) is 0.310. The Balaban J connectivity index is 1.68. The lowest BCUT2D eigenvalue weighted by atomic mass is 10.2. The number of sulfonamides is 1. The summed E-state index contributed by atoms with van der Waals surface area (Å²) in [6, 6.07) is 15.4. The zero-order chi connectivity index (χ0) is 23.3.